The Balaban J connectivity index is 1.57. The van der Waals surface area contributed by atoms with Gasteiger partial charge < -0.3 is 14.6 Å². The number of hydrogen-bond acceptors (Lipinski definition) is 4. The van der Waals surface area contributed by atoms with Crippen LogP contribution in [-0.2, 0) is 11.3 Å². The van der Waals surface area contributed by atoms with E-state index in [9.17, 15) is 0 Å². The predicted octanol–water partition coefficient (Wildman–Crippen LogP) is 2.03. The minimum absolute atomic E-state index is 0.560. The molecule has 4 nitrogen and oxygen atoms in total. The molecule has 1 aliphatic heterocycles. The fraction of sp³-hybridized carbons (Fsp3) is 0.750. The minimum atomic E-state index is 0.560. The van der Waals surface area contributed by atoms with Crippen LogP contribution in [0.25, 0.3) is 0 Å². The van der Waals surface area contributed by atoms with Crippen molar-refractivity contribution in [3.63, 3.8) is 0 Å². The van der Waals surface area contributed by atoms with Crippen LogP contribution in [-0.4, -0.2) is 24.4 Å². The van der Waals surface area contributed by atoms with Crippen molar-refractivity contribution in [2.45, 2.75) is 45.3 Å². The van der Waals surface area contributed by atoms with Crippen LogP contribution in [0.2, 0.25) is 0 Å². The molecule has 1 aromatic rings. The Morgan fingerprint density at radius 3 is 3.19 bits per heavy atom. The van der Waals surface area contributed by atoms with E-state index >= 15 is 0 Å². The Morgan fingerprint density at radius 2 is 2.50 bits per heavy atom. The number of hydrogen-bond donors (Lipinski definition) is 1. The van der Waals surface area contributed by atoms with E-state index < -0.39 is 0 Å². The third-order valence-corrected chi connectivity index (χ3v) is 2.95. The van der Waals surface area contributed by atoms with Crippen molar-refractivity contribution in [3.05, 3.63) is 17.5 Å². The predicted molar refractivity (Wildman–Crippen MR) is 61.2 cm³/mol. The number of piperidine rings is 1. The summed E-state index contributed by atoms with van der Waals surface area (Å²) in [6, 6.07) is 2.56. The van der Waals surface area contributed by atoms with Crippen LogP contribution in [0.3, 0.4) is 0 Å². The first-order valence-corrected chi connectivity index (χ1v) is 6.08. The van der Waals surface area contributed by atoms with Gasteiger partial charge in [0.1, 0.15) is 11.5 Å². The first-order chi connectivity index (χ1) is 7.84. The molecule has 0 spiro atoms. The summed E-state index contributed by atoms with van der Waals surface area (Å²) >= 11 is 0. The molecule has 0 amide bonds. The largest absolute Gasteiger partial charge is 0.375 e. The molecule has 1 atom stereocenters. The zero-order valence-corrected chi connectivity index (χ0v) is 9.87. The molecule has 0 bridgehead atoms. The van der Waals surface area contributed by atoms with Crippen molar-refractivity contribution in [1.29, 1.82) is 0 Å². The molecular weight excluding hydrogens is 204 g/mol. The Labute approximate surface area is 96.3 Å². The second-order valence-electron chi connectivity index (χ2n) is 4.42. The van der Waals surface area contributed by atoms with Crippen LogP contribution in [0.1, 0.15) is 37.1 Å². The average molecular weight is 224 g/mol. The van der Waals surface area contributed by atoms with E-state index in [1.165, 1.54) is 19.3 Å². The van der Waals surface area contributed by atoms with Gasteiger partial charge in [-0.3, -0.25) is 0 Å². The van der Waals surface area contributed by atoms with Crippen LogP contribution in [0.4, 0.5) is 0 Å². The summed E-state index contributed by atoms with van der Waals surface area (Å²) in [6.45, 7) is 4.41. The van der Waals surface area contributed by atoms with Gasteiger partial charge in [-0.05, 0) is 32.7 Å². The highest BCUT2D eigenvalue weighted by molar-refractivity contribution is 5.01. The summed E-state index contributed by atoms with van der Waals surface area (Å²) in [5.41, 5.74) is 0.883. The van der Waals surface area contributed by atoms with E-state index in [0.717, 1.165) is 31.0 Å². The zero-order chi connectivity index (χ0) is 11.2. The third-order valence-electron chi connectivity index (χ3n) is 2.95. The molecule has 1 N–H and O–H groups in total. The highest BCUT2D eigenvalue weighted by Crippen LogP contribution is 2.10. The maximum absolute atomic E-state index is 5.57. The van der Waals surface area contributed by atoms with E-state index in [2.05, 4.69) is 10.5 Å². The molecule has 2 heterocycles. The first kappa shape index (κ1) is 11.6. The first-order valence-electron chi connectivity index (χ1n) is 6.08. The van der Waals surface area contributed by atoms with Crippen LogP contribution in [0.5, 0.6) is 0 Å². The van der Waals surface area contributed by atoms with Gasteiger partial charge in [-0.25, -0.2) is 0 Å². The number of nitrogens with one attached hydrogen (secondary N) is 1. The van der Waals surface area contributed by atoms with Gasteiger partial charge >= 0.3 is 0 Å². The third kappa shape index (κ3) is 3.61. The summed E-state index contributed by atoms with van der Waals surface area (Å²) in [7, 11) is 0. The van der Waals surface area contributed by atoms with Gasteiger partial charge in [0.15, 0.2) is 0 Å². The lowest BCUT2D eigenvalue weighted by atomic mass is 10.0. The molecule has 1 unspecified atom stereocenters. The van der Waals surface area contributed by atoms with Gasteiger partial charge in [-0.1, -0.05) is 11.6 Å². The van der Waals surface area contributed by atoms with E-state index in [4.69, 9.17) is 9.26 Å². The number of ether oxygens (including phenoxy) is 1. The highest BCUT2D eigenvalue weighted by atomic mass is 16.5. The van der Waals surface area contributed by atoms with E-state index in [1.54, 1.807) is 0 Å². The maximum Gasteiger partial charge on any atom is 0.134 e. The van der Waals surface area contributed by atoms with E-state index in [1.807, 2.05) is 13.0 Å². The molecule has 0 radical (unpaired) electrons. The maximum atomic E-state index is 5.57. The Hall–Kier alpha value is -0.870. The van der Waals surface area contributed by atoms with Gasteiger partial charge in [0.2, 0.25) is 0 Å². The Morgan fingerprint density at radius 1 is 1.56 bits per heavy atom. The second kappa shape index (κ2) is 6.01. The summed E-state index contributed by atoms with van der Waals surface area (Å²) in [5, 5.41) is 7.39. The topological polar surface area (TPSA) is 47.3 Å². The minimum Gasteiger partial charge on any atom is -0.375 e. The van der Waals surface area contributed by atoms with Gasteiger partial charge in [0, 0.05) is 18.7 Å². The summed E-state index contributed by atoms with van der Waals surface area (Å²) in [5.74, 6) is 0.840. The molecule has 1 saturated heterocycles. The monoisotopic (exact) mass is 224 g/mol. The second-order valence-corrected chi connectivity index (χ2v) is 4.42. The molecule has 0 aliphatic carbocycles. The van der Waals surface area contributed by atoms with Crippen molar-refractivity contribution in [2.24, 2.45) is 0 Å². The lowest BCUT2D eigenvalue weighted by Gasteiger charge is -2.23. The molecule has 1 fully saturated rings. The highest BCUT2D eigenvalue weighted by Gasteiger charge is 2.11. The zero-order valence-electron chi connectivity index (χ0n) is 9.87. The van der Waals surface area contributed by atoms with Crippen molar-refractivity contribution < 1.29 is 9.26 Å². The summed E-state index contributed by atoms with van der Waals surface area (Å²) in [6.07, 6.45) is 5.04. The molecular formula is C12H20N2O2. The number of rotatable bonds is 5. The van der Waals surface area contributed by atoms with Crippen molar-refractivity contribution in [3.8, 4) is 0 Å². The standard InChI is InChI=1S/C12H20N2O2/c1-10-8-12(14-16-10)9-15-7-5-11-4-2-3-6-13-11/h8,11,13H,2-7,9H2,1H3. The van der Waals surface area contributed by atoms with Crippen molar-refractivity contribution in [2.75, 3.05) is 13.2 Å². The fourth-order valence-electron chi connectivity index (χ4n) is 2.06. The lowest BCUT2D eigenvalue weighted by molar-refractivity contribution is 0.104. The summed E-state index contributed by atoms with van der Waals surface area (Å²) in [4.78, 5) is 0. The molecule has 16 heavy (non-hydrogen) atoms. The number of nitrogens with zero attached hydrogens (tertiary/aromatic N) is 1. The number of aromatic nitrogens is 1. The Bertz CT molecular complexity index is 306. The smallest absolute Gasteiger partial charge is 0.134 e. The fourth-order valence-corrected chi connectivity index (χ4v) is 2.06. The Kier molecular flexibility index (Phi) is 4.36. The molecule has 4 heteroatoms. The number of aryl methyl sites for hydroxylation is 1. The molecule has 90 valence electrons. The van der Waals surface area contributed by atoms with Gasteiger partial charge in [-0.15, -0.1) is 0 Å². The van der Waals surface area contributed by atoms with Gasteiger partial charge in [-0.2, -0.15) is 0 Å². The molecule has 2 rings (SSSR count). The molecule has 0 saturated carbocycles. The molecule has 1 aromatic heterocycles. The van der Waals surface area contributed by atoms with Gasteiger partial charge in [0.05, 0.1) is 6.61 Å². The molecule has 0 aromatic carbocycles. The van der Waals surface area contributed by atoms with Crippen molar-refractivity contribution >= 4 is 0 Å². The van der Waals surface area contributed by atoms with Gasteiger partial charge in [0.25, 0.3) is 0 Å². The molecule has 1 aliphatic rings. The van der Waals surface area contributed by atoms with Crippen LogP contribution in [0.15, 0.2) is 10.6 Å². The van der Waals surface area contributed by atoms with E-state index in [0.29, 0.717) is 12.6 Å². The SMILES string of the molecule is Cc1cc(COCCC2CCCCN2)no1. The van der Waals surface area contributed by atoms with Crippen molar-refractivity contribution in [1.82, 2.24) is 10.5 Å². The lowest BCUT2D eigenvalue weighted by Crippen LogP contribution is -2.34. The summed E-state index contributed by atoms with van der Waals surface area (Å²) < 4.78 is 10.5. The van der Waals surface area contributed by atoms with Crippen LogP contribution < -0.4 is 5.32 Å². The van der Waals surface area contributed by atoms with Crippen LogP contribution >= 0.6 is 0 Å². The average Bonchev–Trinajstić information content (AvgIpc) is 2.72. The quantitative estimate of drug-likeness (QED) is 0.777. The van der Waals surface area contributed by atoms with E-state index in [-0.39, 0.29) is 0 Å². The normalized spacial score (nSPS) is 21.2. The van der Waals surface area contributed by atoms with Crippen LogP contribution in [0, 0.1) is 6.92 Å².